The predicted molar refractivity (Wildman–Crippen MR) is 80.5 cm³/mol. The number of imidazole rings is 1. The number of aromatic nitrogens is 2. The van der Waals surface area contributed by atoms with Crippen LogP contribution in [0.2, 0.25) is 0 Å². The highest BCUT2D eigenvalue weighted by Crippen LogP contribution is 2.35. The van der Waals surface area contributed by atoms with E-state index >= 15 is 0 Å². The van der Waals surface area contributed by atoms with E-state index in [4.69, 9.17) is 0 Å². The smallest absolute Gasteiger partial charge is 0.0954 e. The zero-order valence-electron chi connectivity index (χ0n) is 12.9. The Balaban J connectivity index is 2.17. The van der Waals surface area contributed by atoms with Crippen molar-refractivity contribution < 1.29 is 0 Å². The maximum atomic E-state index is 4.49. The molecular formula is C16H29N3. The summed E-state index contributed by atoms with van der Waals surface area (Å²) in [5, 5.41) is 3.75. The van der Waals surface area contributed by atoms with Gasteiger partial charge in [0.05, 0.1) is 18.1 Å². The molecule has 3 atom stereocenters. The van der Waals surface area contributed by atoms with Crippen LogP contribution >= 0.6 is 0 Å². The van der Waals surface area contributed by atoms with Gasteiger partial charge in [-0.3, -0.25) is 0 Å². The SMILES string of the molecule is CCCNC1CCC(CC)CC1n1cnc(C)c1C. The lowest BCUT2D eigenvalue weighted by atomic mass is 9.80. The molecule has 0 saturated heterocycles. The Kier molecular flexibility index (Phi) is 5.03. The number of hydrogen-bond donors (Lipinski definition) is 1. The molecule has 0 aromatic carbocycles. The molecule has 1 aliphatic carbocycles. The number of hydrogen-bond acceptors (Lipinski definition) is 2. The summed E-state index contributed by atoms with van der Waals surface area (Å²) in [6, 6.07) is 1.21. The van der Waals surface area contributed by atoms with Gasteiger partial charge >= 0.3 is 0 Å². The molecule has 1 fully saturated rings. The average molecular weight is 263 g/mol. The van der Waals surface area contributed by atoms with Crippen molar-refractivity contribution in [1.82, 2.24) is 14.9 Å². The van der Waals surface area contributed by atoms with E-state index in [2.05, 4.69) is 42.6 Å². The molecule has 0 bridgehead atoms. The van der Waals surface area contributed by atoms with E-state index in [0.717, 1.165) is 12.5 Å². The average Bonchev–Trinajstić information content (AvgIpc) is 2.76. The lowest BCUT2D eigenvalue weighted by Gasteiger charge is -2.38. The van der Waals surface area contributed by atoms with E-state index in [1.807, 2.05) is 6.33 Å². The normalized spacial score (nSPS) is 27.7. The Hall–Kier alpha value is -0.830. The lowest BCUT2D eigenvalue weighted by molar-refractivity contribution is 0.200. The van der Waals surface area contributed by atoms with E-state index in [9.17, 15) is 0 Å². The van der Waals surface area contributed by atoms with E-state index in [0.29, 0.717) is 12.1 Å². The standard InChI is InChI=1S/C16H29N3/c1-5-9-17-15-8-7-14(6-2)10-16(15)19-11-18-12(3)13(19)4/h11,14-17H,5-10H2,1-4H3. The Bertz CT molecular complexity index is 397. The highest BCUT2D eigenvalue weighted by molar-refractivity contribution is 5.11. The molecule has 1 saturated carbocycles. The molecule has 3 nitrogen and oxygen atoms in total. The summed E-state index contributed by atoms with van der Waals surface area (Å²) >= 11 is 0. The van der Waals surface area contributed by atoms with Gasteiger partial charge in [0.2, 0.25) is 0 Å². The van der Waals surface area contributed by atoms with Crippen LogP contribution in [0.4, 0.5) is 0 Å². The van der Waals surface area contributed by atoms with Crippen LogP contribution in [-0.4, -0.2) is 22.1 Å². The van der Waals surface area contributed by atoms with E-state index in [1.54, 1.807) is 0 Å². The molecule has 19 heavy (non-hydrogen) atoms. The van der Waals surface area contributed by atoms with Gasteiger partial charge in [-0.25, -0.2) is 4.98 Å². The third-order valence-electron chi connectivity index (χ3n) is 4.80. The van der Waals surface area contributed by atoms with E-state index in [1.165, 1.54) is 43.5 Å². The van der Waals surface area contributed by atoms with Crippen molar-refractivity contribution in [2.24, 2.45) is 5.92 Å². The molecule has 1 aromatic rings. The first-order valence-electron chi connectivity index (χ1n) is 7.90. The second-order valence-corrected chi connectivity index (χ2v) is 6.04. The highest BCUT2D eigenvalue weighted by atomic mass is 15.1. The summed E-state index contributed by atoms with van der Waals surface area (Å²) in [5.74, 6) is 0.881. The summed E-state index contributed by atoms with van der Waals surface area (Å²) in [6.45, 7) is 10.0. The highest BCUT2D eigenvalue weighted by Gasteiger charge is 2.31. The van der Waals surface area contributed by atoms with Crippen molar-refractivity contribution >= 4 is 0 Å². The Labute approximate surface area is 117 Å². The molecule has 3 unspecified atom stereocenters. The van der Waals surface area contributed by atoms with Crippen LogP contribution in [0.1, 0.15) is 63.4 Å². The molecule has 1 aromatic heterocycles. The molecule has 0 radical (unpaired) electrons. The van der Waals surface area contributed by atoms with Crippen molar-refractivity contribution in [3.8, 4) is 0 Å². The van der Waals surface area contributed by atoms with Crippen LogP contribution in [0, 0.1) is 19.8 Å². The van der Waals surface area contributed by atoms with Crippen LogP contribution in [0.15, 0.2) is 6.33 Å². The monoisotopic (exact) mass is 263 g/mol. The first kappa shape index (κ1) is 14.6. The molecule has 0 aliphatic heterocycles. The van der Waals surface area contributed by atoms with Crippen LogP contribution in [0.3, 0.4) is 0 Å². The number of nitrogens with zero attached hydrogens (tertiary/aromatic N) is 2. The Morgan fingerprint density at radius 1 is 1.32 bits per heavy atom. The van der Waals surface area contributed by atoms with Crippen molar-refractivity contribution in [3.05, 3.63) is 17.7 Å². The van der Waals surface area contributed by atoms with E-state index in [-0.39, 0.29) is 0 Å². The molecule has 108 valence electrons. The summed E-state index contributed by atoms with van der Waals surface area (Å²) in [6.07, 6.45) is 8.55. The molecule has 1 aliphatic rings. The molecular weight excluding hydrogens is 234 g/mol. The quantitative estimate of drug-likeness (QED) is 0.879. The summed E-state index contributed by atoms with van der Waals surface area (Å²) in [7, 11) is 0. The van der Waals surface area contributed by atoms with Gasteiger partial charge in [-0.2, -0.15) is 0 Å². The topological polar surface area (TPSA) is 29.9 Å². The predicted octanol–water partition coefficient (Wildman–Crippen LogP) is 3.62. The van der Waals surface area contributed by atoms with Gasteiger partial charge in [0, 0.05) is 11.7 Å². The van der Waals surface area contributed by atoms with Gasteiger partial charge in [0.25, 0.3) is 0 Å². The summed E-state index contributed by atoms with van der Waals surface area (Å²) in [4.78, 5) is 4.49. The second kappa shape index (κ2) is 6.56. The zero-order chi connectivity index (χ0) is 13.8. The van der Waals surface area contributed by atoms with Gasteiger partial charge in [-0.05, 0) is 52.0 Å². The van der Waals surface area contributed by atoms with Crippen LogP contribution in [-0.2, 0) is 0 Å². The fourth-order valence-electron chi connectivity index (χ4n) is 3.33. The third kappa shape index (κ3) is 3.19. The van der Waals surface area contributed by atoms with Crippen LogP contribution in [0.25, 0.3) is 0 Å². The third-order valence-corrected chi connectivity index (χ3v) is 4.80. The molecule has 3 heteroatoms. The Morgan fingerprint density at radius 3 is 2.68 bits per heavy atom. The summed E-state index contributed by atoms with van der Waals surface area (Å²) < 4.78 is 2.42. The van der Waals surface area contributed by atoms with Gasteiger partial charge in [0.1, 0.15) is 0 Å². The van der Waals surface area contributed by atoms with Gasteiger partial charge in [-0.1, -0.05) is 20.3 Å². The number of rotatable bonds is 5. The fourth-order valence-corrected chi connectivity index (χ4v) is 3.33. The van der Waals surface area contributed by atoms with Crippen molar-refractivity contribution in [1.29, 1.82) is 0 Å². The maximum absolute atomic E-state index is 4.49. The van der Waals surface area contributed by atoms with Gasteiger partial charge in [0.15, 0.2) is 0 Å². The lowest BCUT2D eigenvalue weighted by Crippen LogP contribution is -2.42. The first-order chi connectivity index (χ1) is 9.17. The van der Waals surface area contributed by atoms with Gasteiger partial charge in [-0.15, -0.1) is 0 Å². The molecule has 2 rings (SSSR count). The minimum atomic E-state index is 0.589. The minimum Gasteiger partial charge on any atom is -0.330 e. The molecule has 1 heterocycles. The van der Waals surface area contributed by atoms with Gasteiger partial charge < -0.3 is 9.88 Å². The molecule has 0 amide bonds. The number of nitrogens with one attached hydrogen (secondary N) is 1. The minimum absolute atomic E-state index is 0.589. The van der Waals surface area contributed by atoms with Crippen molar-refractivity contribution in [3.63, 3.8) is 0 Å². The second-order valence-electron chi connectivity index (χ2n) is 6.04. The van der Waals surface area contributed by atoms with Crippen molar-refractivity contribution in [2.75, 3.05) is 6.54 Å². The fraction of sp³-hybridized carbons (Fsp3) is 0.812. The Morgan fingerprint density at radius 2 is 2.11 bits per heavy atom. The molecule has 0 spiro atoms. The molecule has 1 N–H and O–H groups in total. The van der Waals surface area contributed by atoms with Crippen LogP contribution < -0.4 is 5.32 Å². The number of aryl methyl sites for hydroxylation is 1. The van der Waals surface area contributed by atoms with Crippen LogP contribution in [0.5, 0.6) is 0 Å². The maximum Gasteiger partial charge on any atom is 0.0954 e. The van der Waals surface area contributed by atoms with Crippen molar-refractivity contribution in [2.45, 2.75) is 71.9 Å². The zero-order valence-corrected chi connectivity index (χ0v) is 12.9. The summed E-state index contributed by atoms with van der Waals surface area (Å²) in [5.41, 5.74) is 2.51. The largest absolute Gasteiger partial charge is 0.330 e. The van der Waals surface area contributed by atoms with E-state index < -0.39 is 0 Å². The first-order valence-corrected chi connectivity index (χ1v) is 7.90.